The van der Waals surface area contributed by atoms with Crippen LogP contribution in [0.25, 0.3) is 0 Å². The molecule has 0 saturated carbocycles. The lowest BCUT2D eigenvalue weighted by molar-refractivity contribution is -0.128. The van der Waals surface area contributed by atoms with Crippen molar-refractivity contribution in [3.05, 3.63) is 24.5 Å². The van der Waals surface area contributed by atoms with Crippen LogP contribution in [0.5, 0.6) is 0 Å². The summed E-state index contributed by atoms with van der Waals surface area (Å²) in [7, 11) is 0. The van der Waals surface area contributed by atoms with Gasteiger partial charge in [-0.2, -0.15) is 0 Å². The molecule has 0 radical (unpaired) electrons. The maximum Gasteiger partial charge on any atom is 0.229 e. The van der Waals surface area contributed by atoms with Gasteiger partial charge in [-0.1, -0.05) is 13.8 Å². The van der Waals surface area contributed by atoms with Crippen molar-refractivity contribution in [2.45, 2.75) is 20.3 Å². The molecule has 1 aromatic heterocycles. The number of rotatable bonds is 4. The summed E-state index contributed by atoms with van der Waals surface area (Å²) >= 11 is 0. The van der Waals surface area contributed by atoms with E-state index in [0.717, 1.165) is 6.54 Å². The predicted octanol–water partition coefficient (Wildman–Crippen LogP) is 1.52. The molecule has 2 amide bonds. The zero-order chi connectivity index (χ0) is 13.8. The van der Waals surface area contributed by atoms with Crippen LogP contribution >= 0.6 is 0 Å². The highest BCUT2D eigenvalue weighted by Gasteiger charge is 2.34. The molecule has 19 heavy (non-hydrogen) atoms. The van der Waals surface area contributed by atoms with E-state index in [1.54, 1.807) is 29.4 Å². The largest absolute Gasteiger partial charge is 0.342 e. The molecule has 0 bridgehead atoms. The van der Waals surface area contributed by atoms with Gasteiger partial charge in [0.15, 0.2) is 0 Å². The van der Waals surface area contributed by atoms with E-state index in [4.69, 9.17) is 0 Å². The van der Waals surface area contributed by atoms with Crippen LogP contribution in [0, 0.1) is 11.8 Å². The maximum atomic E-state index is 12.1. The van der Waals surface area contributed by atoms with Crippen molar-refractivity contribution < 1.29 is 9.59 Å². The fraction of sp³-hybridized carbons (Fsp3) is 0.500. The zero-order valence-corrected chi connectivity index (χ0v) is 11.3. The van der Waals surface area contributed by atoms with E-state index in [-0.39, 0.29) is 17.7 Å². The molecule has 1 atom stereocenters. The Morgan fingerprint density at radius 1 is 1.58 bits per heavy atom. The van der Waals surface area contributed by atoms with Crippen LogP contribution in [0.4, 0.5) is 5.69 Å². The number of hydrogen-bond donors (Lipinski definition) is 1. The van der Waals surface area contributed by atoms with Gasteiger partial charge in [0.1, 0.15) is 0 Å². The van der Waals surface area contributed by atoms with Crippen LogP contribution in [0.15, 0.2) is 24.5 Å². The Balaban J connectivity index is 1.93. The van der Waals surface area contributed by atoms with Crippen molar-refractivity contribution in [3.8, 4) is 0 Å². The van der Waals surface area contributed by atoms with Crippen molar-refractivity contribution in [2.24, 2.45) is 11.8 Å². The van der Waals surface area contributed by atoms with Crippen molar-refractivity contribution in [1.82, 2.24) is 9.88 Å². The summed E-state index contributed by atoms with van der Waals surface area (Å²) in [4.78, 5) is 29.6. The van der Waals surface area contributed by atoms with E-state index >= 15 is 0 Å². The lowest BCUT2D eigenvalue weighted by atomic mass is 10.1. The lowest BCUT2D eigenvalue weighted by Gasteiger charge is -2.18. The monoisotopic (exact) mass is 261 g/mol. The average molecular weight is 261 g/mol. The number of pyridine rings is 1. The first-order valence-corrected chi connectivity index (χ1v) is 6.55. The van der Waals surface area contributed by atoms with Crippen molar-refractivity contribution in [2.75, 3.05) is 18.4 Å². The number of carbonyl (C=O) groups is 2. The summed E-state index contributed by atoms with van der Waals surface area (Å²) in [6.07, 6.45) is 3.55. The van der Waals surface area contributed by atoms with Gasteiger partial charge in [0.2, 0.25) is 11.8 Å². The van der Waals surface area contributed by atoms with E-state index in [1.165, 1.54) is 0 Å². The van der Waals surface area contributed by atoms with Crippen LogP contribution < -0.4 is 5.32 Å². The Kier molecular flexibility index (Phi) is 4.14. The van der Waals surface area contributed by atoms with Crippen LogP contribution in [0.2, 0.25) is 0 Å². The van der Waals surface area contributed by atoms with Gasteiger partial charge < -0.3 is 10.2 Å². The number of hydrogen-bond acceptors (Lipinski definition) is 3. The molecular weight excluding hydrogens is 242 g/mol. The highest BCUT2D eigenvalue weighted by Crippen LogP contribution is 2.20. The molecule has 1 aliphatic heterocycles. The van der Waals surface area contributed by atoms with Gasteiger partial charge in [-0.15, -0.1) is 0 Å². The minimum absolute atomic E-state index is 0.0695. The molecule has 0 aliphatic carbocycles. The number of nitrogens with zero attached hydrogens (tertiary/aromatic N) is 2. The Morgan fingerprint density at radius 3 is 3.00 bits per heavy atom. The summed E-state index contributed by atoms with van der Waals surface area (Å²) in [5.74, 6) is 0.128. The fourth-order valence-corrected chi connectivity index (χ4v) is 2.25. The molecule has 1 saturated heterocycles. The maximum absolute atomic E-state index is 12.1. The number of nitrogens with one attached hydrogen (secondary N) is 1. The molecule has 5 nitrogen and oxygen atoms in total. The minimum atomic E-state index is -0.258. The van der Waals surface area contributed by atoms with Gasteiger partial charge in [-0.25, -0.2) is 0 Å². The quantitative estimate of drug-likeness (QED) is 0.894. The Labute approximate surface area is 113 Å². The van der Waals surface area contributed by atoms with Gasteiger partial charge in [0.25, 0.3) is 0 Å². The van der Waals surface area contributed by atoms with Crippen molar-refractivity contribution in [3.63, 3.8) is 0 Å². The molecule has 1 aliphatic rings. The second kappa shape index (κ2) is 5.82. The minimum Gasteiger partial charge on any atom is -0.342 e. The third-order valence-corrected chi connectivity index (χ3v) is 3.10. The standard InChI is InChI=1S/C14H19N3O2/c1-10(2)8-17-9-11(6-13(17)18)14(19)16-12-4-3-5-15-7-12/h3-5,7,10-11H,6,8-9H2,1-2H3,(H,16,19). The van der Waals surface area contributed by atoms with Crippen LogP contribution in [0.3, 0.4) is 0 Å². The molecule has 5 heteroatoms. The fourth-order valence-electron chi connectivity index (χ4n) is 2.25. The molecule has 0 spiro atoms. The van der Waals surface area contributed by atoms with Gasteiger partial charge in [0.05, 0.1) is 17.8 Å². The van der Waals surface area contributed by atoms with E-state index < -0.39 is 0 Å². The molecular formula is C14H19N3O2. The summed E-state index contributed by atoms with van der Waals surface area (Å²) in [5, 5.41) is 2.80. The second-order valence-electron chi connectivity index (χ2n) is 5.32. The van der Waals surface area contributed by atoms with E-state index in [1.807, 2.05) is 0 Å². The number of anilines is 1. The van der Waals surface area contributed by atoms with E-state index in [9.17, 15) is 9.59 Å². The first-order valence-electron chi connectivity index (χ1n) is 6.55. The molecule has 1 fully saturated rings. The van der Waals surface area contributed by atoms with Gasteiger partial charge in [-0.3, -0.25) is 14.6 Å². The summed E-state index contributed by atoms with van der Waals surface area (Å²) < 4.78 is 0. The molecule has 1 aromatic rings. The normalized spacial score (nSPS) is 19.0. The third kappa shape index (κ3) is 3.53. The SMILES string of the molecule is CC(C)CN1CC(C(=O)Nc2cccnc2)CC1=O. The smallest absolute Gasteiger partial charge is 0.229 e. The van der Waals surface area contributed by atoms with Crippen molar-refractivity contribution in [1.29, 1.82) is 0 Å². The van der Waals surface area contributed by atoms with Crippen LogP contribution in [-0.4, -0.2) is 34.8 Å². The lowest BCUT2D eigenvalue weighted by Crippen LogP contribution is -2.31. The summed E-state index contributed by atoms with van der Waals surface area (Å²) in [6.45, 7) is 5.37. The number of likely N-dealkylation sites (tertiary alicyclic amines) is 1. The molecule has 2 rings (SSSR count). The highest BCUT2D eigenvalue weighted by molar-refractivity contribution is 5.97. The predicted molar refractivity (Wildman–Crippen MR) is 72.4 cm³/mol. The first kappa shape index (κ1) is 13.5. The first-order chi connectivity index (χ1) is 9.06. The van der Waals surface area contributed by atoms with Gasteiger partial charge in [-0.05, 0) is 18.1 Å². The molecule has 1 unspecified atom stereocenters. The number of aromatic nitrogens is 1. The molecule has 2 heterocycles. The van der Waals surface area contributed by atoms with Gasteiger partial charge in [0, 0.05) is 25.7 Å². The van der Waals surface area contributed by atoms with Crippen molar-refractivity contribution >= 4 is 17.5 Å². The number of carbonyl (C=O) groups excluding carboxylic acids is 2. The molecule has 102 valence electrons. The van der Waals surface area contributed by atoms with Gasteiger partial charge >= 0.3 is 0 Å². The Morgan fingerprint density at radius 2 is 2.37 bits per heavy atom. The summed E-state index contributed by atoms with van der Waals surface area (Å²) in [5.41, 5.74) is 0.669. The van der Waals surface area contributed by atoms with Crippen LogP contribution in [0.1, 0.15) is 20.3 Å². The third-order valence-electron chi connectivity index (χ3n) is 3.10. The Bertz CT molecular complexity index is 459. The molecule has 0 aromatic carbocycles. The highest BCUT2D eigenvalue weighted by atomic mass is 16.2. The number of amides is 2. The van der Waals surface area contributed by atoms with E-state index in [0.29, 0.717) is 24.6 Å². The zero-order valence-electron chi connectivity index (χ0n) is 11.3. The van der Waals surface area contributed by atoms with E-state index in [2.05, 4.69) is 24.1 Å². The average Bonchev–Trinajstić information content (AvgIpc) is 2.71. The van der Waals surface area contributed by atoms with Crippen LogP contribution in [-0.2, 0) is 9.59 Å². The second-order valence-corrected chi connectivity index (χ2v) is 5.32. The molecule has 1 N–H and O–H groups in total. The topological polar surface area (TPSA) is 62.3 Å². The Hall–Kier alpha value is -1.91. The summed E-state index contributed by atoms with van der Waals surface area (Å²) in [6, 6.07) is 3.55.